The van der Waals surface area contributed by atoms with Crippen molar-refractivity contribution in [3.63, 3.8) is 0 Å². The Morgan fingerprint density at radius 2 is 1.90 bits per heavy atom. The Morgan fingerprint density at radius 1 is 1.17 bits per heavy atom. The van der Waals surface area contributed by atoms with Gasteiger partial charge in [0.05, 0.1) is 25.4 Å². The smallest absolute Gasteiger partial charge is 0.272 e. The number of aryl methyl sites for hydroxylation is 1. The third-order valence-electron chi connectivity index (χ3n) is 4.75. The molecule has 1 fully saturated rings. The number of para-hydroxylation sites is 1. The summed E-state index contributed by atoms with van der Waals surface area (Å²) in [5, 5.41) is 7.21. The van der Waals surface area contributed by atoms with E-state index in [-0.39, 0.29) is 16.7 Å². The molecule has 0 spiro atoms. The van der Waals surface area contributed by atoms with Crippen molar-refractivity contribution in [2.75, 3.05) is 26.3 Å². The molecule has 4 rings (SSSR count). The van der Waals surface area contributed by atoms with Crippen LogP contribution in [0.15, 0.2) is 52.7 Å². The highest BCUT2D eigenvalue weighted by Crippen LogP contribution is 2.25. The molecule has 158 valence electrons. The lowest BCUT2D eigenvalue weighted by atomic mass is 10.3. The third kappa shape index (κ3) is 4.31. The molecule has 0 saturated carbocycles. The van der Waals surface area contributed by atoms with Gasteiger partial charge in [-0.1, -0.05) is 18.2 Å². The van der Waals surface area contributed by atoms with Gasteiger partial charge in [0, 0.05) is 23.7 Å². The first-order valence-electron chi connectivity index (χ1n) is 9.52. The van der Waals surface area contributed by atoms with Crippen LogP contribution >= 0.6 is 11.3 Å². The summed E-state index contributed by atoms with van der Waals surface area (Å²) < 4.78 is 34.1. The first-order valence-corrected chi connectivity index (χ1v) is 11.8. The molecule has 0 atom stereocenters. The average molecular weight is 447 g/mol. The predicted molar refractivity (Wildman–Crippen MR) is 113 cm³/mol. The molecular weight excluding hydrogens is 424 g/mol. The van der Waals surface area contributed by atoms with Gasteiger partial charge in [0.2, 0.25) is 0 Å². The van der Waals surface area contributed by atoms with E-state index in [1.165, 1.54) is 15.6 Å². The summed E-state index contributed by atoms with van der Waals surface area (Å²) in [6.07, 6.45) is 0. The van der Waals surface area contributed by atoms with Gasteiger partial charge in [-0.05, 0) is 37.3 Å². The van der Waals surface area contributed by atoms with Crippen LogP contribution in [0.3, 0.4) is 0 Å². The zero-order valence-electron chi connectivity index (χ0n) is 16.4. The number of hydrogen-bond acceptors (Lipinski definition) is 6. The van der Waals surface area contributed by atoms with Crippen molar-refractivity contribution < 1.29 is 17.9 Å². The van der Waals surface area contributed by atoms with Crippen LogP contribution < -0.4 is 5.32 Å². The number of benzene rings is 1. The summed E-state index contributed by atoms with van der Waals surface area (Å²) in [6, 6.07) is 14.6. The molecule has 3 heterocycles. The second-order valence-corrected chi connectivity index (χ2v) is 10.2. The van der Waals surface area contributed by atoms with Crippen molar-refractivity contribution in [1.82, 2.24) is 19.4 Å². The van der Waals surface area contributed by atoms with Gasteiger partial charge in [0.15, 0.2) is 5.69 Å². The lowest BCUT2D eigenvalue weighted by molar-refractivity contribution is 0.0731. The standard InChI is InChI=1S/C20H22N4O4S2/c1-15-13-18(22-24(15)16-5-3-2-4-6-16)20(25)21-14-17-7-8-19(29-17)30(26,27)23-9-11-28-12-10-23/h2-8,13H,9-12,14H2,1H3,(H,21,25). The Labute approximate surface area is 179 Å². The molecule has 0 unspecified atom stereocenters. The molecule has 3 aromatic rings. The summed E-state index contributed by atoms with van der Waals surface area (Å²) in [4.78, 5) is 13.3. The Hall–Kier alpha value is -2.53. The second kappa shape index (κ2) is 8.68. The molecular formula is C20H22N4O4S2. The summed E-state index contributed by atoms with van der Waals surface area (Å²) >= 11 is 1.17. The van der Waals surface area contributed by atoms with Gasteiger partial charge in [0.1, 0.15) is 4.21 Å². The fourth-order valence-electron chi connectivity index (χ4n) is 3.18. The molecule has 1 saturated heterocycles. The Kier molecular flexibility index (Phi) is 6.00. The largest absolute Gasteiger partial charge is 0.379 e. The maximum Gasteiger partial charge on any atom is 0.272 e. The number of carbonyl (C=O) groups excluding carboxylic acids is 1. The molecule has 2 aromatic heterocycles. The number of hydrogen-bond donors (Lipinski definition) is 1. The van der Waals surface area contributed by atoms with Crippen molar-refractivity contribution >= 4 is 27.3 Å². The van der Waals surface area contributed by atoms with Gasteiger partial charge in [-0.25, -0.2) is 13.1 Å². The maximum atomic E-state index is 12.7. The van der Waals surface area contributed by atoms with Crippen LogP contribution in [0.5, 0.6) is 0 Å². The third-order valence-corrected chi connectivity index (χ3v) is 8.20. The minimum absolute atomic E-state index is 0.235. The van der Waals surface area contributed by atoms with E-state index in [2.05, 4.69) is 10.4 Å². The summed E-state index contributed by atoms with van der Waals surface area (Å²) in [5.74, 6) is -0.307. The van der Waals surface area contributed by atoms with Crippen molar-refractivity contribution in [2.24, 2.45) is 0 Å². The lowest BCUT2D eigenvalue weighted by Crippen LogP contribution is -2.40. The predicted octanol–water partition coefficient (Wildman–Crippen LogP) is 2.19. The number of thiophene rings is 1. The van der Waals surface area contributed by atoms with Gasteiger partial charge in [-0.3, -0.25) is 4.79 Å². The minimum Gasteiger partial charge on any atom is -0.379 e. The van der Waals surface area contributed by atoms with Gasteiger partial charge in [0.25, 0.3) is 15.9 Å². The van der Waals surface area contributed by atoms with Crippen LogP contribution in [0.4, 0.5) is 0 Å². The second-order valence-electron chi connectivity index (χ2n) is 6.84. The number of carbonyl (C=O) groups is 1. The Bertz CT molecular complexity index is 1130. The van der Waals surface area contributed by atoms with E-state index in [0.29, 0.717) is 32.0 Å². The molecule has 0 aliphatic carbocycles. The number of nitrogens with zero attached hydrogens (tertiary/aromatic N) is 3. The fraction of sp³-hybridized carbons (Fsp3) is 0.300. The topological polar surface area (TPSA) is 93.5 Å². The van der Waals surface area contributed by atoms with Crippen molar-refractivity contribution in [2.45, 2.75) is 17.7 Å². The van der Waals surface area contributed by atoms with E-state index in [4.69, 9.17) is 4.74 Å². The van der Waals surface area contributed by atoms with Gasteiger partial charge >= 0.3 is 0 Å². The number of rotatable bonds is 6. The number of morpholine rings is 1. The normalized spacial score (nSPS) is 15.2. The zero-order valence-corrected chi connectivity index (χ0v) is 18.1. The minimum atomic E-state index is -3.52. The quantitative estimate of drug-likeness (QED) is 0.627. The summed E-state index contributed by atoms with van der Waals surface area (Å²) in [6.45, 7) is 3.65. The van der Waals surface area contributed by atoms with E-state index >= 15 is 0 Å². The lowest BCUT2D eigenvalue weighted by Gasteiger charge is -2.25. The molecule has 1 N–H and O–H groups in total. The molecule has 1 amide bonds. The van der Waals surface area contributed by atoms with E-state index in [0.717, 1.165) is 16.3 Å². The van der Waals surface area contributed by atoms with Crippen molar-refractivity contribution in [3.8, 4) is 5.69 Å². The van der Waals surface area contributed by atoms with Crippen LogP contribution in [0.1, 0.15) is 21.1 Å². The molecule has 10 heteroatoms. The molecule has 1 aliphatic rings. The molecule has 8 nitrogen and oxygen atoms in total. The number of aromatic nitrogens is 2. The number of nitrogens with one attached hydrogen (secondary N) is 1. The molecule has 1 aromatic carbocycles. The summed E-state index contributed by atoms with van der Waals surface area (Å²) in [7, 11) is -3.52. The maximum absolute atomic E-state index is 12.7. The first-order chi connectivity index (χ1) is 14.4. The highest BCUT2D eigenvalue weighted by molar-refractivity contribution is 7.91. The number of amides is 1. The zero-order chi connectivity index (χ0) is 21.1. The van der Waals surface area contributed by atoms with Crippen LogP contribution in [0, 0.1) is 6.92 Å². The average Bonchev–Trinajstić information content (AvgIpc) is 3.40. The highest BCUT2D eigenvalue weighted by atomic mass is 32.2. The van der Waals surface area contributed by atoms with Crippen molar-refractivity contribution in [1.29, 1.82) is 0 Å². The van der Waals surface area contributed by atoms with E-state index in [1.807, 2.05) is 37.3 Å². The van der Waals surface area contributed by atoms with Crippen LogP contribution in [0.2, 0.25) is 0 Å². The molecule has 0 radical (unpaired) electrons. The van der Waals surface area contributed by atoms with E-state index < -0.39 is 10.0 Å². The molecule has 1 aliphatic heterocycles. The van der Waals surface area contributed by atoms with Gasteiger partial charge in [-0.15, -0.1) is 11.3 Å². The monoisotopic (exact) mass is 446 g/mol. The Morgan fingerprint density at radius 3 is 2.63 bits per heavy atom. The fourth-order valence-corrected chi connectivity index (χ4v) is 6.04. The van der Waals surface area contributed by atoms with Gasteiger partial charge in [-0.2, -0.15) is 9.40 Å². The molecule has 0 bridgehead atoms. The van der Waals surface area contributed by atoms with Crippen molar-refractivity contribution in [3.05, 3.63) is 64.8 Å². The highest BCUT2D eigenvalue weighted by Gasteiger charge is 2.27. The summed E-state index contributed by atoms with van der Waals surface area (Å²) in [5.41, 5.74) is 2.04. The van der Waals surface area contributed by atoms with E-state index in [9.17, 15) is 13.2 Å². The Balaban J connectivity index is 1.42. The van der Waals surface area contributed by atoms with Crippen LogP contribution in [-0.2, 0) is 21.3 Å². The number of ether oxygens (including phenoxy) is 1. The van der Waals surface area contributed by atoms with Crippen LogP contribution in [0.25, 0.3) is 5.69 Å². The first kappa shape index (κ1) is 20.7. The number of sulfonamides is 1. The van der Waals surface area contributed by atoms with E-state index in [1.54, 1.807) is 22.9 Å². The van der Waals surface area contributed by atoms with Gasteiger partial charge < -0.3 is 10.1 Å². The molecule has 30 heavy (non-hydrogen) atoms. The SMILES string of the molecule is Cc1cc(C(=O)NCc2ccc(S(=O)(=O)N3CCOCC3)s2)nn1-c1ccccc1. The van der Waals surface area contributed by atoms with Crippen LogP contribution in [-0.4, -0.2) is 54.7 Å².